The lowest BCUT2D eigenvalue weighted by Gasteiger charge is -2.23. The number of nitrogens with zero attached hydrogens (tertiary/aromatic N) is 1. The van der Waals surface area contributed by atoms with Crippen molar-refractivity contribution in [2.24, 2.45) is 0 Å². The molecule has 7 rings (SSSR count). The van der Waals surface area contributed by atoms with Gasteiger partial charge in [0.2, 0.25) is 5.91 Å². The standard InChI is InChI=1S/C46H56FN3O10/c1-45(47)59-41-14-9-37(33-42(41)60-45)46(17-18-46)44(51)50-43-4-2-3-40(49-43)36-7-12-39(13-8-36)58-32-30-56-28-26-54-24-22-52-21-23-53-25-27-55-29-31-57-38-10-5-34(6-11-38)35-15-19-48-20-16-35/h2-14,33,35,48H,15-32H2,1H3,(H,49,50,51). The number of fused-ring (bicyclic) bond motifs is 1. The quantitative estimate of drug-likeness (QED) is 0.0677. The molecule has 2 aliphatic heterocycles. The molecular weight excluding hydrogens is 774 g/mol. The van der Waals surface area contributed by atoms with Gasteiger partial charge in [0, 0.05) is 12.5 Å². The summed E-state index contributed by atoms with van der Waals surface area (Å²) < 4.78 is 64.1. The van der Waals surface area contributed by atoms with E-state index in [9.17, 15) is 9.18 Å². The summed E-state index contributed by atoms with van der Waals surface area (Å²) in [5.74, 6) is 3.11. The Morgan fingerprint density at radius 2 is 1.23 bits per heavy atom. The zero-order valence-electron chi connectivity index (χ0n) is 34.3. The predicted molar refractivity (Wildman–Crippen MR) is 223 cm³/mol. The lowest BCUT2D eigenvalue weighted by atomic mass is 9.90. The maximum Gasteiger partial charge on any atom is 0.404 e. The van der Waals surface area contributed by atoms with E-state index in [1.165, 1.54) is 25.3 Å². The summed E-state index contributed by atoms with van der Waals surface area (Å²) in [6, 6.07) is 24.4. The van der Waals surface area contributed by atoms with Crippen LogP contribution >= 0.6 is 0 Å². The molecule has 1 aromatic heterocycles. The minimum absolute atomic E-state index is 0.168. The summed E-state index contributed by atoms with van der Waals surface area (Å²) in [5.41, 5.74) is 3.01. The van der Waals surface area contributed by atoms with Crippen molar-refractivity contribution in [3.05, 3.63) is 96.1 Å². The van der Waals surface area contributed by atoms with Crippen LogP contribution < -0.4 is 29.6 Å². The molecule has 1 unspecified atom stereocenters. The Morgan fingerprint density at radius 1 is 0.700 bits per heavy atom. The molecule has 1 aliphatic carbocycles. The van der Waals surface area contributed by atoms with Crippen molar-refractivity contribution in [3.63, 3.8) is 0 Å². The van der Waals surface area contributed by atoms with E-state index in [2.05, 4.69) is 27.8 Å². The molecule has 14 heteroatoms. The molecule has 1 atom stereocenters. The molecule has 322 valence electrons. The van der Waals surface area contributed by atoms with Gasteiger partial charge in [-0.05, 0) is 116 Å². The first kappa shape index (κ1) is 43.3. The third-order valence-corrected chi connectivity index (χ3v) is 10.6. The number of benzene rings is 3. The molecule has 4 aromatic rings. The lowest BCUT2D eigenvalue weighted by molar-refractivity contribution is -0.173. The zero-order chi connectivity index (χ0) is 41.5. The lowest BCUT2D eigenvalue weighted by Crippen LogP contribution is -2.28. The number of pyridine rings is 1. The van der Waals surface area contributed by atoms with Gasteiger partial charge < -0.3 is 53.3 Å². The van der Waals surface area contributed by atoms with Crippen LogP contribution in [0.2, 0.25) is 0 Å². The molecular formula is C46H56FN3O10. The number of hydrogen-bond acceptors (Lipinski definition) is 12. The monoisotopic (exact) mass is 829 g/mol. The molecule has 1 amide bonds. The first-order chi connectivity index (χ1) is 29.4. The van der Waals surface area contributed by atoms with Gasteiger partial charge in [-0.25, -0.2) is 4.98 Å². The van der Waals surface area contributed by atoms with Crippen LogP contribution in [0.3, 0.4) is 0 Å². The third kappa shape index (κ3) is 12.6. The van der Waals surface area contributed by atoms with Crippen molar-refractivity contribution in [1.82, 2.24) is 10.3 Å². The summed E-state index contributed by atoms with van der Waals surface area (Å²) in [7, 11) is 0. The summed E-state index contributed by atoms with van der Waals surface area (Å²) in [6.45, 7) is 9.10. The fraction of sp³-hybridized carbons (Fsp3) is 0.478. The number of piperidine rings is 1. The van der Waals surface area contributed by atoms with Crippen LogP contribution in [0.4, 0.5) is 10.2 Å². The number of rotatable bonds is 25. The number of amides is 1. The van der Waals surface area contributed by atoms with Crippen molar-refractivity contribution in [2.45, 2.75) is 50.0 Å². The van der Waals surface area contributed by atoms with E-state index in [4.69, 9.17) is 42.6 Å². The summed E-state index contributed by atoms with van der Waals surface area (Å²) in [4.78, 5) is 18.1. The summed E-state index contributed by atoms with van der Waals surface area (Å²) in [5, 5.41) is 6.38. The summed E-state index contributed by atoms with van der Waals surface area (Å²) >= 11 is 0. The highest BCUT2D eigenvalue weighted by Gasteiger charge is 2.52. The second kappa shape index (κ2) is 21.6. The van der Waals surface area contributed by atoms with E-state index in [1.54, 1.807) is 24.3 Å². The smallest absolute Gasteiger partial charge is 0.404 e. The molecule has 3 heterocycles. The average Bonchev–Trinajstić information content (AvgIpc) is 4.02. The SMILES string of the molecule is CC1(F)Oc2ccc(C3(C(=O)Nc4cccc(-c5ccc(OCCOCCOCCOCCOCCOCCOc6ccc(C7CCNCC7)cc6)cc5)n4)CC3)cc2O1. The second-order valence-corrected chi connectivity index (χ2v) is 15.0. The van der Waals surface area contributed by atoms with Gasteiger partial charge in [0.1, 0.15) is 30.5 Å². The molecule has 13 nitrogen and oxygen atoms in total. The minimum Gasteiger partial charge on any atom is -0.491 e. The molecule has 3 aromatic carbocycles. The van der Waals surface area contributed by atoms with Gasteiger partial charge in [-0.2, -0.15) is 4.39 Å². The number of hydrogen-bond donors (Lipinski definition) is 2. The predicted octanol–water partition coefficient (Wildman–Crippen LogP) is 6.84. The third-order valence-electron chi connectivity index (χ3n) is 10.6. The van der Waals surface area contributed by atoms with Crippen LogP contribution in [0.1, 0.15) is 49.7 Å². The van der Waals surface area contributed by atoms with Gasteiger partial charge in [0.05, 0.1) is 77.2 Å². The molecule has 3 aliphatic rings. The Labute approximate surface area is 351 Å². The Morgan fingerprint density at radius 3 is 1.80 bits per heavy atom. The minimum atomic E-state index is -2.22. The number of aromatic nitrogens is 1. The van der Waals surface area contributed by atoms with E-state index in [-0.39, 0.29) is 5.91 Å². The molecule has 60 heavy (non-hydrogen) atoms. The normalized spacial score (nSPS) is 18.0. The van der Waals surface area contributed by atoms with Gasteiger partial charge in [-0.3, -0.25) is 4.79 Å². The van der Waals surface area contributed by atoms with Crippen molar-refractivity contribution in [3.8, 4) is 34.3 Å². The number of nitrogens with one attached hydrogen (secondary N) is 2. The van der Waals surface area contributed by atoms with Gasteiger partial charge in [-0.1, -0.05) is 24.3 Å². The van der Waals surface area contributed by atoms with Crippen LogP contribution in [0.15, 0.2) is 84.9 Å². The number of carbonyl (C=O) groups is 1. The van der Waals surface area contributed by atoms with Crippen LogP contribution in [0.25, 0.3) is 11.3 Å². The number of anilines is 1. The second-order valence-electron chi connectivity index (χ2n) is 15.0. The Hall–Kier alpha value is -4.83. The van der Waals surface area contributed by atoms with Crippen LogP contribution in [-0.2, 0) is 33.9 Å². The van der Waals surface area contributed by atoms with Gasteiger partial charge >= 0.3 is 6.04 Å². The number of halogens is 1. The van der Waals surface area contributed by atoms with Gasteiger partial charge in [0.15, 0.2) is 11.5 Å². The maximum atomic E-state index is 14.2. The highest BCUT2D eigenvalue weighted by Crippen LogP contribution is 2.52. The van der Waals surface area contributed by atoms with E-state index in [1.807, 2.05) is 48.5 Å². The van der Waals surface area contributed by atoms with Crippen molar-refractivity contribution < 1.29 is 51.8 Å². The zero-order valence-corrected chi connectivity index (χ0v) is 34.3. The highest BCUT2D eigenvalue weighted by atomic mass is 19.2. The van der Waals surface area contributed by atoms with E-state index >= 15 is 0 Å². The van der Waals surface area contributed by atoms with Crippen LogP contribution in [-0.4, -0.2) is 109 Å². The first-order valence-electron chi connectivity index (χ1n) is 20.9. The van der Waals surface area contributed by atoms with Gasteiger partial charge in [0.25, 0.3) is 0 Å². The van der Waals surface area contributed by atoms with Crippen molar-refractivity contribution >= 4 is 11.7 Å². The highest BCUT2D eigenvalue weighted by molar-refractivity contribution is 6.01. The number of carbonyl (C=O) groups excluding carboxylic acids is 1. The van der Waals surface area contributed by atoms with Crippen LogP contribution in [0.5, 0.6) is 23.0 Å². The maximum absolute atomic E-state index is 14.2. The first-order valence-corrected chi connectivity index (χ1v) is 20.9. The Bertz CT molecular complexity index is 1940. The fourth-order valence-corrected chi connectivity index (χ4v) is 7.19. The molecule has 1 saturated heterocycles. The van der Waals surface area contributed by atoms with Gasteiger partial charge in [-0.15, -0.1) is 0 Å². The Kier molecular flexibility index (Phi) is 15.6. The molecule has 0 spiro atoms. The molecule has 1 saturated carbocycles. The topological polar surface area (TPSA) is 137 Å². The fourth-order valence-electron chi connectivity index (χ4n) is 7.19. The molecule has 0 bridgehead atoms. The largest absolute Gasteiger partial charge is 0.491 e. The van der Waals surface area contributed by atoms with Crippen LogP contribution in [0, 0.1) is 0 Å². The average molecular weight is 830 g/mol. The van der Waals surface area contributed by atoms with E-state index < -0.39 is 11.5 Å². The van der Waals surface area contributed by atoms with E-state index in [0.717, 1.165) is 30.0 Å². The molecule has 2 fully saturated rings. The summed E-state index contributed by atoms with van der Waals surface area (Å²) in [6.07, 6.45) is 3.72. The number of alkyl halides is 1. The number of ether oxygens (including phenoxy) is 9. The molecule has 2 N–H and O–H groups in total. The molecule has 0 radical (unpaired) electrons. The van der Waals surface area contributed by atoms with Crippen molar-refractivity contribution in [1.29, 1.82) is 0 Å². The van der Waals surface area contributed by atoms with E-state index in [0.29, 0.717) is 127 Å². The van der Waals surface area contributed by atoms with Crippen molar-refractivity contribution in [2.75, 3.05) is 97.7 Å². The Balaban J connectivity index is 0.667.